The molecule has 0 aliphatic rings. The number of hydrogen-bond acceptors (Lipinski definition) is 1. The number of rotatable bonds is 7. The minimum atomic E-state index is 1.08. The zero-order chi connectivity index (χ0) is 37.7. The Labute approximate surface area is 331 Å². The Bertz CT molecular complexity index is 3220. The van der Waals surface area contributed by atoms with Gasteiger partial charge in [-0.3, -0.25) is 0 Å². The Morgan fingerprint density at radius 2 is 0.754 bits per heavy atom. The molecule has 268 valence electrons. The van der Waals surface area contributed by atoms with Crippen molar-refractivity contribution in [3.05, 3.63) is 224 Å². The van der Waals surface area contributed by atoms with Gasteiger partial charge in [-0.2, -0.15) is 0 Å². The van der Waals surface area contributed by atoms with Gasteiger partial charge in [-0.1, -0.05) is 158 Å². The van der Waals surface area contributed by atoms with Crippen molar-refractivity contribution in [2.75, 3.05) is 4.90 Å². The van der Waals surface area contributed by atoms with E-state index in [0.717, 1.165) is 45.0 Å². The van der Waals surface area contributed by atoms with E-state index in [1.165, 1.54) is 49.3 Å². The molecule has 0 unspecified atom stereocenters. The van der Waals surface area contributed by atoms with Gasteiger partial charge in [0, 0.05) is 49.9 Å². The molecule has 0 spiro atoms. The molecule has 0 fully saturated rings. The average molecular weight is 728 g/mol. The van der Waals surface area contributed by atoms with E-state index in [1.807, 2.05) is 0 Å². The summed E-state index contributed by atoms with van der Waals surface area (Å²) in [5.41, 5.74) is 15.0. The van der Waals surface area contributed by atoms with Gasteiger partial charge in [0.1, 0.15) is 0 Å². The molecule has 0 saturated heterocycles. The van der Waals surface area contributed by atoms with Crippen LogP contribution in [0.2, 0.25) is 0 Å². The van der Waals surface area contributed by atoms with Crippen LogP contribution in [0.1, 0.15) is 0 Å². The second-order valence-electron chi connectivity index (χ2n) is 14.5. The van der Waals surface area contributed by atoms with Crippen molar-refractivity contribution >= 4 is 60.7 Å². The number of para-hydroxylation sites is 4. The van der Waals surface area contributed by atoms with Gasteiger partial charge in [0.2, 0.25) is 0 Å². The van der Waals surface area contributed by atoms with E-state index in [1.54, 1.807) is 0 Å². The van der Waals surface area contributed by atoms with Crippen LogP contribution >= 0.6 is 0 Å². The fourth-order valence-corrected chi connectivity index (χ4v) is 8.82. The maximum atomic E-state index is 2.44. The summed E-state index contributed by atoms with van der Waals surface area (Å²) < 4.78 is 4.83. The predicted molar refractivity (Wildman–Crippen MR) is 241 cm³/mol. The first kappa shape index (κ1) is 32.8. The van der Waals surface area contributed by atoms with E-state index in [-0.39, 0.29) is 0 Å². The highest BCUT2D eigenvalue weighted by molar-refractivity contribution is 6.17. The molecule has 0 radical (unpaired) electrons. The molecular formula is C54H37N3. The summed E-state index contributed by atoms with van der Waals surface area (Å²) in [6, 6.07) is 81.1. The van der Waals surface area contributed by atoms with Crippen molar-refractivity contribution in [3.63, 3.8) is 0 Å². The first-order valence-corrected chi connectivity index (χ1v) is 19.5. The standard InChI is InChI=1S/C54H37N3/c1-5-18-38(19-6-1)44-26-13-15-29-49(44)55(42-32-34-47-46-27-14-16-30-50(46)56(52(47)36-42)40-22-9-3-10-23-40)43-33-35-48-53(37-43)57(41-24-11-4-12-25-41)51-31-17-28-45(54(48)51)39-20-7-2-8-21-39/h1-37H. The number of anilines is 3. The van der Waals surface area contributed by atoms with Crippen LogP contribution in [0.3, 0.4) is 0 Å². The van der Waals surface area contributed by atoms with Gasteiger partial charge in [0.25, 0.3) is 0 Å². The van der Waals surface area contributed by atoms with Gasteiger partial charge in [0.05, 0.1) is 27.8 Å². The second kappa shape index (κ2) is 13.6. The highest BCUT2D eigenvalue weighted by Crippen LogP contribution is 2.46. The van der Waals surface area contributed by atoms with Crippen molar-refractivity contribution in [1.82, 2.24) is 9.13 Å². The SMILES string of the molecule is c1ccc(-c2ccccc2N(c2ccc3c4ccccc4n(-c4ccccc4)c3c2)c2ccc3c4c(-c5ccccc5)cccc4n(-c4ccccc4)c3c2)cc1. The lowest BCUT2D eigenvalue weighted by Crippen LogP contribution is -2.11. The molecule has 9 aromatic carbocycles. The fourth-order valence-electron chi connectivity index (χ4n) is 8.82. The molecule has 0 amide bonds. The Balaban J connectivity index is 1.22. The van der Waals surface area contributed by atoms with Crippen LogP contribution in [0, 0.1) is 0 Å². The topological polar surface area (TPSA) is 13.1 Å². The van der Waals surface area contributed by atoms with E-state index in [2.05, 4.69) is 238 Å². The van der Waals surface area contributed by atoms with Crippen LogP contribution in [0.5, 0.6) is 0 Å². The van der Waals surface area contributed by atoms with E-state index in [4.69, 9.17) is 0 Å². The molecule has 11 rings (SSSR count). The van der Waals surface area contributed by atoms with Crippen molar-refractivity contribution < 1.29 is 0 Å². The van der Waals surface area contributed by atoms with Crippen LogP contribution in [-0.4, -0.2) is 9.13 Å². The van der Waals surface area contributed by atoms with Gasteiger partial charge in [-0.25, -0.2) is 0 Å². The summed E-state index contributed by atoms with van der Waals surface area (Å²) in [6.45, 7) is 0. The third-order valence-corrected chi connectivity index (χ3v) is 11.3. The Hall–Kier alpha value is -7.62. The van der Waals surface area contributed by atoms with Crippen molar-refractivity contribution in [1.29, 1.82) is 0 Å². The maximum Gasteiger partial charge on any atom is 0.0562 e. The number of nitrogens with zero attached hydrogens (tertiary/aromatic N) is 3. The molecule has 0 aliphatic heterocycles. The highest BCUT2D eigenvalue weighted by atomic mass is 15.1. The minimum Gasteiger partial charge on any atom is -0.310 e. The molecule has 57 heavy (non-hydrogen) atoms. The predicted octanol–water partition coefficient (Wildman–Crippen LogP) is 14.7. The van der Waals surface area contributed by atoms with Crippen molar-refractivity contribution in [3.8, 4) is 33.6 Å². The van der Waals surface area contributed by atoms with Crippen LogP contribution in [0.15, 0.2) is 224 Å². The molecule has 0 bridgehead atoms. The summed E-state index contributed by atoms with van der Waals surface area (Å²) >= 11 is 0. The van der Waals surface area contributed by atoms with Gasteiger partial charge in [-0.05, 0) is 83.4 Å². The number of aromatic nitrogens is 2. The monoisotopic (exact) mass is 727 g/mol. The molecule has 11 aromatic rings. The van der Waals surface area contributed by atoms with E-state index in [9.17, 15) is 0 Å². The van der Waals surface area contributed by atoms with Crippen molar-refractivity contribution in [2.45, 2.75) is 0 Å². The summed E-state index contributed by atoms with van der Waals surface area (Å²) in [7, 11) is 0. The number of fused-ring (bicyclic) bond motifs is 6. The van der Waals surface area contributed by atoms with Crippen LogP contribution < -0.4 is 4.90 Å². The van der Waals surface area contributed by atoms with E-state index >= 15 is 0 Å². The molecule has 2 aromatic heterocycles. The zero-order valence-electron chi connectivity index (χ0n) is 31.2. The van der Waals surface area contributed by atoms with Gasteiger partial charge >= 0.3 is 0 Å². The van der Waals surface area contributed by atoms with Gasteiger partial charge < -0.3 is 14.0 Å². The molecule has 3 nitrogen and oxygen atoms in total. The third kappa shape index (κ3) is 5.43. The molecule has 3 heteroatoms. The lowest BCUT2D eigenvalue weighted by molar-refractivity contribution is 1.17. The number of hydrogen-bond donors (Lipinski definition) is 0. The van der Waals surface area contributed by atoms with Crippen LogP contribution in [0.4, 0.5) is 17.1 Å². The molecule has 0 N–H and O–H groups in total. The zero-order valence-corrected chi connectivity index (χ0v) is 31.2. The first-order valence-electron chi connectivity index (χ1n) is 19.5. The highest BCUT2D eigenvalue weighted by Gasteiger charge is 2.23. The first-order chi connectivity index (χ1) is 28.3. The van der Waals surface area contributed by atoms with Crippen LogP contribution in [-0.2, 0) is 0 Å². The van der Waals surface area contributed by atoms with E-state index in [0.29, 0.717) is 0 Å². The molecule has 0 aliphatic carbocycles. The lowest BCUT2D eigenvalue weighted by atomic mass is 9.99. The minimum absolute atomic E-state index is 1.08. The van der Waals surface area contributed by atoms with Gasteiger partial charge in [-0.15, -0.1) is 0 Å². The summed E-state index contributed by atoms with van der Waals surface area (Å²) in [4.78, 5) is 2.44. The average Bonchev–Trinajstić information content (AvgIpc) is 3.80. The normalized spacial score (nSPS) is 11.5. The molecule has 2 heterocycles. The fraction of sp³-hybridized carbons (Fsp3) is 0. The molecular weight excluding hydrogens is 691 g/mol. The quantitative estimate of drug-likeness (QED) is 0.159. The molecule has 0 saturated carbocycles. The number of benzene rings is 9. The third-order valence-electron chi connectivity index (χ3n) is 11.3. The second-order valence-corrected chi connectivity index (χ2v) is 14.5. The Kier molecular flexibility index (Phi) is 7.82. The summed E-state index contributed by atoms with van der Waals surface area (Å²) in [6.07, 6.45) is 0. The summed E-state index contributed by atoms with van der Waals surface area (Å²) in [5, 5.41) is 4.93. The Morgan fingerprint density at radius 1 is 0.298 bits per heavy atom. The maximum absolute atomic E-state index is 2.44. The summed E-state index contributed by atoms with van der Waals surface area (Å²) in [5.74, 6) is 0. The van der Waals surface area contributed by atoms with Crippen LogP contribution in [0.25, 0.3) is 77.2 Å². The van der Waals surface area contributed by atoms with E-state index < -0.39 is 0 Å². The Morgan fingerprint density at radius 3 is 1.42 bits per heavy atom. The van der Waals surface area contributed by atoms with Gasteiger partial charge in [0.15, 0.2) is 0 Å². The smallest absolute Gasteiger partial charge is 0.0562 e. The van der Waals surface area contributed by atoms with Crippen molar-refractivity contribution in [2.24, 2.45) is 0 Å². The largest absolute Gasteiger partial charge is 0.310 e. The molecule has 0 atom stereocenters. The lowest BCUT2D eigenvalue weighted by Gasteiger charge is -2.28.